The first-order valence-corrected chi connectivity index (χ1v) is 7.32. The number of ether oxygens (including phenoxy) is 1. The summed E-state index contributed by atoms with van der Waals surface area (Å²) < 4.78 is 5.69. The molecule has 0 unspecified atom stereocenters. The predicted octanol–water partition coefficient (Wildman–Crippen LogP) is 1.95. The van der Waals surface area contributed by atoms with Gasteiger partial charge in [-0.05, 0) is 38.1 Å². The number of hydrogen-bond donors (Lipinski definition) is 1. The molecule has 0 radical (unpaired) electrons. The number of nitrogens with two attached hydrogens (primary N) is 1. The Bertz CT molecular complexity index is 429. The molecule has 0 aliphatic carbocycles. The van der Waals surface area contributed by atoms with Crippen LogP contribution in [0.1, 0.15) is 19.3 Å². The minimum Gasteiger partial charge on any atom is -0.489 e. The van der Waals surface area contributed by atoms with Crippen LogP contribution in [0.4, 0.5) is 11.4 Å². The van der Waals surface area contributed by atoms with Crippen molar-refractivity contribution in [3.63, 3.8) is 0 Å². The summed E-state index contributed by atoms with van der Waals surface area (Å²) in [5.74, 6) is 0.935. The number of anilines is 2. The number of fused-ring (bicyclic) bond motifs is 1. The third-order valence-electron chi connectivity index (χ3n) is 4.08. The molecule has 2 heterocycles. The van der Waals surface area contributed by atoms with E-state index in [0.29, 0.717) is 0 Å². The zero-order chi connectivity index (χ0) is 13.1. The van der Waals surface area contributed by atoms with E-state index >= 15 is 0 Å². The molecule has 2 N–H and O–H groups in total. The van der Waals surface area contributed by atoms with Crippen LogP contribution in [-0.4, -0.2) is 44.2 Å². The molecule has 4 heteroatoms. The average molecular weight is 261 g/mol. The summed E-state index contributed by atoms with van der Waals surface area (Å²) in [6, 6.07) is 5.98. The maximum atomic E-state index is 5.81. The standard InChI is InChI=1S/C15H23N3O/c16-13-4-5-14-15(12-13)19-11-10-18(14)9-8-17-6-2-1-3-7-17/h4-5,12H,1-3,6-11,16H2. The Hall–Kier alpha value is -1.42. The smallest absolute Gasteiger partial charge is 0.144 e. The maximum Gasteiger partial charge on any atom is 0.144 e. The fourth-order valence-electron chi connectivity index (χ4n) is 2.97. The molecule has 1 aromatic carbocycles. The lowest BCUT2D eigenvalue weighted by atomic mass is 10.1. The van der Waals surface area contributed by atoms with Gasteiger partial charge < -0.3 is 20.3 Å². The Morgan fingerprint density at radius 3 is 2.74 bits per heavy atom. The monoisotopic (exact) mass is 261 g/mol. The Morgan fingerprint density at radius 2 is 1.89 bits per heavy atom. The second-order valence-corrected chi connectivity index (χ2v) is 5.46. The van der Waals surface area contributed by atoms with E-state index in [4.69, 9.17) is 10.5 Å². The highest BCUT2D eigenvalue weighted by atomic mass is 16.5. The lowest BCUT2D eigenvalue weighted by Crippen LogP contribution is -2.41. The van der Waals surface area contributed by atoms with Gasteiger partial charge in [-0.1, -0.05) is 6.42 Å². The second-order valence-electron chi connectivity index (χ2n) is 5.46. The third-order valence-corrected chi connectivity index (χ3v) is 4.08. The zero-order valence-corrected chi connectivity index (χ0v) is 11.5. The second kappa shape index (κ2) is 5.70. The highest BCUT2D eigenvalue weighted by Crippen LogP contribution is 2.33. The summed E-state index contributed by atoms with van der Waals surface area (Å²) in [5, 5.41) is 0. The highest BCUT2D eigenvalue weighted by molar-refractivity contribution is 5.65. The van der Waals surface area contributed by atoms with Crippen molar-refractivity contribution < 1.29 is 4.74 Å². The van der Waals surface area contributed by atoms with E-state index in [1.807, 2.05) is 12.1 Å². The van der Waals surface area contributed by atoms with Gasteiger partial charge in [0.25, 0.3) is 0 Å². The molecule has 1 saturated heterocycles. The summed E-state index contributed by atoms with van der Waals surface area (Å²) >= 11 is 0. The molecule has 0 amide bonds. The van der Waals surface area contributed by atoms with Crippen LogP contribution in [0.5, 0.6) is 5.75 Å². The molecule has 104 valence electrons. The molecule has 0 saturated carbocycles. The normalized spacial score (nSPS) is 19.9. The molecular formula is C15H23N3O. The summed E-state index contributed by atoms with van der Waals surface area (Å²) in [6.07, 6.45) is 4.11. The van der Waals surface area contributed by atoms with Gasteiger partial charge >= 0.3 is 0 Å². The first kappa shape index (κ1) is 12.6. The first-order chi connectivity index (χ1) is 9.33. The van der Waals surface area contributed by atoms with Crippen molar-refractivity contribution in [1.29, 1.82) is 0 Å². The van der Waals surface area contributed by atoms with E-state index in [0.717, 1.165) is 37.7 Å². The van der Waals surface area contributed by atoms with E-state index in [1.54, 1.807) is 0 Å². The van der Waals surface area contributed by atoms with Crippen molar-refractivity contribution in [2.45, 2.75) is 19.3 Å². The van der Waals surface area contributed by atoms with Crippen LogP contribution in [0.15, 0.2) is 18.2 Å². The largest absolute Gasteiger partial charge is 0.489 e. The number of likely N-dealkylation sites (tertiary alicyclic amines) is 1. The topological polar surface area (TPSA) is 41.7 Å². The van der Waals surface area contributed by atoms with Crippen molar-refractivity contribution in [1.82, 2.24) is 4.90 Å². The number of piperidine rings is 1. The Morgan fingerprint density at radius 1 is 1.05 bits per heavy atom. The molecule has 0 aromatic heterocycles. The molecule has 1 fully saturated rings. The van der Waals surface area contributed by atoms with Gasteiger partial charge in [0.15, 0.2) is 0 Å². The number of nitrogen functional groups attached to an aromatic ring is 1. The molecule has 19 heavy (non-hydrogen) atoms. The van der Waals surface area contributed by atoms with Crippen LogP contribution < -0.4 is 15.4 Å². The van der Waals surface area contributed by atoms with Crippen molar-refractivity contribution in [2.24, 2.45) is 0 Å². The summed E-state index contributed by atoms with van der Waals surface area (Å²) in [5.41, 5.74) is 7.78. The van der Waals surface area contributed by atoms with E-state index < -0.39 is 0 Å². The lowest BCUT2D eigenvalue weighted by molar-refractivity contribution is 0.229. The molecule has 2 aliphatic heterocycles. The maximum absolute atomic E-state index is 5.81. The summed E-state index contributed by atoms with van der Waals surface area (Å²) in [6.45, 7) is 6.50. The lowest BCUT2D eigenvalue weighted by Gasteiger charge is -2.34. The molecule has 4 nitrogen and oxygen atoms in total. The fraction of sp³-hybridized carbons (Fsp3) is 0.600. The van der Waals surface area contributed by atoms with Gasteiger partial charge in [0.05, 0.1) is 12.2 Å². The molecule has 2 aliphatic rings. The number of benzene rings is 1. The van der Waals surface area contributed by atoms with Crippen molar-refractivity contribution in [3.8, 4) is 5.75 Å². The minimum atomic E-state index is 0.760. The van der Waals surface area contributed by atoms with Gasteiger partial charge in [-0.3, -0.25) is 0 Å². The minimum absolute atomic E-state index is 0.760. The van der Waals surface area contributed by atoms with Gasteiger partial charge in [-0.15, -0.1) is 0 Å². The Labute approximate surface area is 115 Å². The quantitative estimate of drug-likeness (QED) is 0.845. The van der Waals surface area contributed by atoms with Gasteiger partial charge in [0.2, 0.25) is 0 Å². The van der Waals surface area contributed by atoms with E-state index in [9.17, 15) is 0 Å². The van der Waals surface area contributed by atoms with E-state index in [1.165, 1.54) is 38.0 Å². The highest BCUT2D eigenvalue weighted by Gasteiger charge is 2.19. The molecule has 0 atom stereocenters. The van der Waals surface area contributed by atoms with Crippen molar-refractivity contribution in [3.05, 3.63) is 18.2 Å². The van der Waals surface area contributed by atoms with Crippen molar-refractivity contribution in [2.75, 3.05) is 50.0 Å². The number of hydrogen-bond acceptors (Lipinski definition) is 4. The van der Waals surface area contributed by atoms with Crippen LogP contribution in [0, 0.1) is 0 Å². The summed E-state index contributed by atoms with van der Waals surface area (Å²) in [7, 11) is 0. The zero-order valence-electron chi connectivity index (χ0n) is 11.5. The van der Waals surface area contributed by atoms with Gasteiger partial charge in [-0.2, -0.15) is 0 Å². The van der Waals surface area contributed by atoms with Gasteiger partial charge in [0.1, 0.15) is 12.4 Å². The number of rotatable bonds is 3. The van der Waals surface area contributed by atoms with Crippen LogP contribution in [-0.2, 0) is 0 Å². The fourth-order valence-corrected chi connectivity index (χ4v) is 2.97. The summed E-state index contributed by atoms with van der Waals surface area (Å²) in [4.78, 5) is 5.00. The van der Waals surface area contributed by atoms with Crippen LogP contribution in [0.2, 0.25) is 0 Å². The van der Waals surface area contributed by atoms with E-state index in [-0.39, 0.29) is 0 Å². The number of nitrogens with zero attached hydrogens (tertiary/aromatic N) is 2. The predicted molar refractivity (Wildman–Crippen MR) is 78.9 cm³/mol. The molecular weight excluding hydrogens is 238 g/mol. The molecule has 0 spiro atoms. The van der Waals surface area contributed by atoms with Crippen molar-refractivity contribution >= 4 is 11.4 Å². The first-order valence-electron chi connectivity index (χ1n) is 7.32. The third kappa shape index (κ3) is 2.95. The van der Waals surface area contributed by atoms with Gasteiger partial charge in [-0.25, -0.2) is 0 Å². The average Bonchev–Trinajstić information content (AvgIpc) is 2.45. The molecule has 0 bridgehead atoms. The molecule has 1 aromatic rings. The van der Waals surface area contributed by atoms with Crippen LogP contribution in [0.25, 0.3) is 0 Å². The SMILES string of the molecule is Nc1ccc2c(c1)OCCN2CCN1CCCCC1. The Kier molecular flexibility index (Phi) is 3.78. The van der Waals surface area contributed by atoms with E-state index in [2.05, 4.69) is 15.9 Å². The Balaban J connectivity index is 1.63. The van der Waals surface area contributed by atoms with Crippen LogP contribution in [0.3, 0.4) is 0 Å². The molecule has 3 rings (SSSR count). The van der Waals surface area contributed by atoms with Crippen LogP contribution >= 0.6 is 0 Å². The van der Waals surface area contributed by atoms with Gasteiger partial charge in [0, 0.05) is 24.8 Å².